The van der Waals surface area contributed by atoms with E-state index < -0.39 is 17.9 Å². The van der Waals surface area contributed by atoms with Gasteiger partial charge in [-0.2, -0.15) is 0 Å². The summed E-state index contributed by atoms with van der Waals surface area (Å²) in [6, 6.07) is 30.7. The summed E-state index contributed by atoms with van der Waals surface area (Å²) in [5.74, 6) is -1.03. The van der Waals surface area contributed by atoms with Gasteiger partial charge in [-0.05, 0) is 54.1 Å². The molecule has 0 aliphatic carbocycles. The van der Waals surface area contributed by atoms with Crippen LogP contribution in [0.5, 0.6) is 0 Å². The number of ether oxygens (including phenoxy) is 1. The molecule has 6 rings (SSSR count). The summed E-state index contributed by atoms with van der Waals surface area (Å²) in [6.07, 6.45) is 2.08. The van der Waals surface area contributed by atoms with Crippen molar-refractivity contribution in [3.05, 3.63) is 131 Å². The van der Waals surface area contributed by atoms with E-state index in [1.807, 2.05) is 95.8 Å². The van der Waals surface area contributed by atoms with E-state index in [1.54, 1.807) is 22.9 Å². The van der Waals surface area contributed by atoms with Crippen LogP contribution in [0.4, 0.5) is 0 Å². The highest BCUT2D eigenvalue weighted by molar-refractivity contribution is 6.00. The van der Waals surface area contributed by atoms with Gasteiger partial charge in [0.05, 0.1) is 29.4 Å². The molecule has 0 unspecified atom stereocenters. The zero-order valence-corrected chi connectivity index (χ0v) is 21.7. The number of aromatic nitrogens is 3. The van der Waals surface area contributed by atoms with Crippen LogP contribution < -0.4 is 10.9 Å². The van der Waals surface area contributed by atoms with Crippen molar-refractivity contribution in [2.75, 3.05) is 7.11 Å². The van der Waals surface area contributed by atoms with Gasteiger partial charge in [0.2, 0.25) is 0 Å². The van der Waals surface area contributed by atoms with Gasteiger partial charge in [0.25, 0.3) is 11.5 Å². The Morgan fingerprint density at radius 2 is 1.48 bits per heavy atom. The van der Waals surface area contributed by atoms with E-state index in [1.165, 1.54) is 7.11 Å². The van der Waals surface area contributed by atoms with Crippen molar-refractivity contribution < 1.29 is 14.3 Å². The molecular weight excluding hydrogens is 504 g/mol. The number of nitrogens with zero attached hydrogens (tertiary/aromatic N) is 2. The fraction of sp³-hybridized carbons (Fsp3) is 0.0938. The van der Waals surface area contributed by atoms with E-state index in [0.29, 0.717) is 16.6 Å². The van der Waals surface area contributed by atoms with Gasteiger partial charge >= 0.3 is 5.97 Å². The van der Waals surface area contributed by atoms with Crippen LogP contribution in [-0.2, 0) is 16.0 Å². The van der Waals surface area contributed by atoms with Gasteiger partial charge in [0.15, 0.2) is 0 Å². The minimum absolute atomic E-state index is 0.246. The average molecular weight is 531 g/mol. The first-order chi connectivity index (χ1) is 19.5. The lowest BCUT2D eigenvalue weighted by molar-refractivity contribution is -0.142. The molecule has 6 aromatic rings. The molecule has 40 heavy (non-hydrogen) atoms. The third kappa shape index (κ3) is 4.45. The van der Waals surface area contributed by atoms with Crippen LogP contribution >= 0.6 is 0 Å². The minimum Gasteiger partial charge on any atom is -0.467 e. The van der Waals surface area contributed by atoms with E-state index in [0.717, 1.165) is 22.2 Å². The molecule has 0 fully saturated rings. The van der Waals surface area contributed by atoms with Crippen LogP contribution in [0.1, 0.15) is 15.9 Å². The van der Waals surface area contributed by atoms with Crippen molar-refractivity contribution in [3.63, 3.8) is 0 Å². The maximum Gasteiger partial charge on any atom is 0.328 e. The van der Waals surface area contributed by atoms with E-state index in [4.69, 9.17) is 4.74 Å². The third-order valence-electron chi connectivity index (χ3n) is 7.00. The number of esters is 1. The molecule has 2 heterocycles. The van der Waals surface area contributed by atoms with Crippen molar-refractivity contribution in [2.45, 2.75) is 12.5 Å². The number of H-pyrrole nitrogens is 1. The standard InChI is InChI=1S/C32H26N4O4/c1-40-32(39)28(19-22-20-33-27-15-9-8-14-25(22)27)34-30(37)21-16-17-29-26(18-21)31(38)36(24-12-6-3-7-13-24)35(29)23-10-4-2-5-11-23/h2-18,20,28,33H,19H2,1H3,(H,34,37)/t28-/m0/s1. The molecule has 0 spiro atoms. The Labute approximate surface area is 229 Å². The molecule has 0 radical (unpaired) electrons. The Kier molecular flexibility index (Phi) is 6.49. The molecule has 0 saturated heterocycles. The largest absolute Gasteiger partial charge is 0.467 e. The van der Waals surface area contributed by atoms with Gasteiger partial charge in [-0.15, -0.1) is 0 Å². The normalized spacial score (nSPS) is 11.9. The number of carbonyl (C=O) groups excluding carboxylic acids is 2. The number of nitrogens with one attached hydrogen (secondary N) is 2. The number of amides is 1. The zero-order chi connectivity index (χ0) is 27.6. The molecular formula is C32H26N4O4. The van der Waals surface area contributed by atoms with Gasteiger partial charge in [-0.1, -0.05) is 54.6 Å². The van der Waals surface area contributed by atoms with Gasteiger partial charge < -0.3 is 15.0 Å². The summed E-state index contributed by atoms with van der Waals surface area (Å²) < 4.78 is 8.43. The predicted octanol–water partition coefficient (Wildman–Crippen LogP) is 4.78. The number of aromatic amines is 1. The van der Waals surface area contributed by atoms with E-state index in [9.17, 15) is 14.4 Å². The monoisotopic (exact) mass is 530 g/mol. The number of methoxy groups -OCH3 is 1. The number of rotatable bonds is 7. The SMILES string of the molecule is COC(=O)[C@H](Cc1c[nH]c2ccccc12)NC(=O)c1ccc2c(c1)c(=O)n(-c1ccccc1)n2-c1ccccc1. The fourth-order valence-corrected chi connectivity index (χ4v) is 5.07. The summed E-state index contributed by atoms with van der Waals surface area (Å²) in [5, 5.41) is 4.16. The van der Waals surface area contributed by atoms with Gasteiger partial charge in [0.1, 0.15) is 6.04 Å². The second-order valence-electron chi connectivity index (χ2n) is 9.44. The number of fused-ring (bicyclic) bond motifs is 2. The Morgan fingerprint density at radius 3 is 2.17 bits per heavy atom. The Morgan fingerprint density at radius 1 is 0.825 bits per heavy atom. The van der Waals surface area contributed by atoms with E-state index >= 15 is 0 Å². The Bertz CT molecular complexity index is 1900. The Balaban J connectivity index is 1.38. The summed E-state index contributed by atoms with van der Waals surface area (Å²) in [5.41, 5.74) is 3.98. The first-order valence-electron chi connectivity index (χ1n) is 12.9. The molecule has 8 nitrogen and oxygen atoms in total. The lowest BCUT2D eigenvalue weighted by Crippen LogP contribution is -2.43. The highest BCUT2D eigenvalue weighted by Gasteiger charge is 2.25. The molecule has 0 saturated carbocycles. The number of carbonyl (C=O) groups is 2. The number of para-hydroxylation sites is 3. The molecule has 2 N–H and O–H groups in total. The van der Waals surface area contributed by atoms with E-state index in [2.05, 4.69) is 10.3 Å². The average Bonchev–Trinajstić information content (AvgIpc) is 3.55. The predicted molar refractivity (Wildman–Crippen MR) is 154 cm³/mol. The van der Waals surface area contributed by atoms with Gasteiger partial charge in [-0.25, -0.2) is 14.2 Å². The number of hydrogen-bond donors (Lipinski definition) is 2. The van der Waals surface area contributed by atoms with Crippen molar-refractivity contribution in [1.82, 2.24) is 19.7 Å². The van der Waals surface area contributed by atoms with Crippen LogP contribution in [0.15, 0.2) is 114 Å². The van der Waals surface area contributed by atoms with Gasteiger partial charge in [0, 0.05) is 29.1 Å². The number of benzene rings is 4. The topological polar surface area (TPSA) is 98.1 Å². The molecule has 0 aliphatic heterocycles. The molecule has 0 aliphatic rings. The van der Waals surface area contributed by atoms with Crippen molar-refractivity contribution in [2.24, 2.45) is 0 Å². The third-order valence-corrected chi connectivity index (χ3v) is 7.00. The second-order valence-corrected chi connectivity index (χ2v) is 9.44. The minimum atomic E-state index is -0.915. The molecule has 8 heteroatoms. The highest BCUT2D eigenvalue weighted by Crippen LogP contribution is 2.23. The first kappa shape index (κ1) is 24.9. The van der Waals surface area contributed by atoms with Crippen molar-refractivity contribution >= 4 is 33.7 Å². The van der Waals surface area contributed by atoms with Crippen LogP contribution in [0.3, 0.4) is 0 Å². The first-order valence-corrected chi connectivity index (χ1v) is 12.9. The van der Waals surface area contributed by atoms with Crippen LogP contribution in [-0.4, -0.2) is 39.4 Å². The Hall–Kier alpha value is -5.37. The fourth-order valence-electron chi connectivity index (χ4n) is 5.07. The lowest BCUT2D eigenvalue weighted by atomic mass is 10.0. The molecule has 4 aromatic carbocycles. The molecule has 1 amide bonds. The summed E-state index contributed by atoms with van der Waals surface area (Å²) in [4.78, 5) is 43.0. The van der Waals surface area contributed by atoms with E-state index in [-0.39, 0.29) is 17.5 Å². The van der Waals surface area contributed by atoms with Crippen LogP contribution in [0.25, 0.3) is 33.2 Å². The maximum absolute atomic E-state index is 13.7. The van der Waals surface area contributed by atoms with Crippen LogP contribution in [0, 0.1) is 0 Å². The number of hydrogen-bond acceptors (Lipinski definition) is 4. The van der Waals surface area contributed by atoms with Crippen LogP contribution in [0.2, 0.25) is 0 Å². The van der Waals surface area contributed by atoms with Gasteiger partial charge in [-0.3, -0.25) is 9.59 Å². The van der Waals surface area contributed by atoms with Crippen molar-refractivity contribution in [3.8, 4) is 11.4 Å². The van der Waals surface area contributed by atoms with Crippen molar-refractivity contribution in [1.29, 1.82) is 0 Å². The molecule has 198 valence electrons. The maximum atomic E-state index is 13.7. The smallest absolute Gasteiger partial charge is 0.328 e. The summed E-state index contributed by atoms with van der Waals surface area (Å²) in [7, 11) is 1.29. The zero-order valence-electron chi connectivity index (χ0n) is 21.7. The lowest BCUT2D eigenvalue weighted by Gasteiger charge is -2.16. The molecule has 1 atom stereocenters. The quantitative estimate of drug-likeness (QED) is 0.290. The molecule has 2 aromatic heterocycles. The summed E-state index contributed by atoms with van der Waals surface area (Å²) in [6.45, 7) is 0. The summed E-state index contributed by atoms with van der Waals surface area (Å²) >= 11 is 0. The second kappa shape index (κ2) is 10.4. The highest BCUT2D eigenvalue weighted by atomic mass is 16.5. The molecule has 0 bridgehead atoms.